The van der Waals surface area contributed by atoms with Crippen LogP contribution < -0.4 is 5.32 Å². The first-order chi connectivity index (χ1) is 4.79. The van der Waals surface area contributed by atoms with Crippen LogP contribution in [0.5, 0.6) is 0 Å². The summed E-state index contributed by atoms with van der Waals surface area (Å²) in [5.74, 6) is 0.495. The molecule has 2 aliphatic rings. The number of piperidine rings is 1. The Balaban J connectivity index is 2.11. The summed E-state index contributed by atoms with van der Waals surface area (Å²) in [6.45, 7) is 0.972. The topological polar surface area (TPSA) is 38.3 Å². The number of esters is 1. The minimum absolute atomic E-state index is 0.0741. The minimum Gasteiger partial charge on any atom is -0.468 e. The van der Waals surface area contributed by atoms with Gasteiger partial charge >= 0.3 is 5.97 Å². The fourth-order valence-electron chi connectivity index (χ4n) is 1.87. The molecule has 1 heterocycles. The molecule has 3 heteroatoms. The monoisotopic (exact) mass is 141 g/mol. The Morgan fingerprint density at radius 2 is 2.60 bits per heavy atom. The maximum Gasteiger partial charge on any atom is 0.326 e. The summed E-state index contributed by atoms with van der Waals surface area (Å²) in [5, 5.41) is 3.18. The van der Waals surface area contributed by atoms with Gasteiger partial charge in [0.2, 0.25) is 0 Å². The van der Waals surface area contributed by atoms with Crippen molar-refractivity contribution in [3.05, 3.63) is 0 Å². The minimum atomic E-state index is -0.241. The van der Waals surface area contributed by atoms with E-state index in [2.05, 4.69) is 10.1 Å². The van der Waals surface area contributed by atoms with Gasteiger partial charge in [0.1, 0.15) is 5.54 Å². The molecule has 2 fully saturated rings. The number of nitrogens with one attached hydrogen (secondary N) is 1. The lowest BCUT2D eigenvalue weighted by molar-refractivity contribution is -0.144. The number of carbonyl (C=O) groups is 1. The van der Waals surface area contributed by atoms with Gasteiger partial charge in [0.15, 0.2) is 0 Å². The highest BCUT2D eigenvalue weighted by molar-refractivity contribution is 5.85. The Kier molecular flexibility index (Phi) is 1.06. The summed E-state index contributed by atoms with van der Waals surface area (Å²) in [4.78, 5) is 11.1. The van der Waals surface area contributed by atoms with Crippen molar-refractivity contribution in [2.75, 3.05) is 13.7 Å². The van der Waals surface area contributed by atoms with Gasteiger partial charge in [-0.25, -0.2) is 0 Å². The normalized spacial score (nSPS) is 42.7. The van der Waals surface area contributed by atoms with Gasteiger partial charge < -0.3 is 10.1 Å². The summed E-state index contributed by atoms with van der Waals surface area (Å²) < 4.78 is 4.68. The first-order valence-corrected chi connectivity index (χ1v) is 3.63. The summed E-state index contributed by atoms with van der Waals surface area (Å²) in [6.07, 6.45) is 2.12. The molecule has 1 saturated carbocycles. The highest BCUT2D eigenvalue weighted by atomic mass is 16.5. The quantitative estimate of drug-likeness (QED) is 0.519. The average molecular weight is 141 g/mol. The van der Waals surface area contributed by atoms with Gasteiger partial charge in [-0.15, -0.1) is 0 Å². The van der Waals surface area contributed by atoms with Crippen LogP contribution in [0.25, 0.3) is 0 Å². The number of hydrogen-bond acceptors (Lipinski definition) is 3. The third kappa shape index (κ3) is 0.560. The highest BCUT2D eigenvalue weighted by Crippen LogP contribution is 2.50. The number of hydrogen-bond donors (Lipinski definition) is 1. The van der Waals surface area contributed by atoms with Crippen LogP contribution in [0.4, 0.5) is 0 Å². The van der Waals surface area contributed by atoms with Crippen LogP contribution >= 0.6 is 0 Å². The van der Waals surface area contributed by atoms with E-state index in [1.807, 2.05) is 0 Å². The predicted molar refractivity (Wildman–Crippen MR) is 35.5 cm³/mol. The molecule has 1 aliphatic carbocycles. The van der Waals surface area contributed by atoms with Crippen LogP contribution in [0.15, 0.2) is 0 Å². The van der Waals surface area contributed by atoms with Crippen molar-refractivity contribution in [3.63, 3.8) is 0 Å². The number of methoxy groups -OCH3 is 1. The first kappa shape index (κ1) is 6.16. The van der Waals surface area contributed by atoms with E-state index in [1.165, 1.54) is 7.11 Å². The SMILES string of the molecule is COC(=O)[C@@]12C[C@H]1CCN2. The molecule has 1 saturated heterocycles. The summed E-state index contributed by atoms with van der Waals surface area (Å²) in [7, 11) is 1.45. The average Bonchev–Trinajstić information content (AvgIpc) is 2.54. The summed E-state index contributed by atoms with van der Waals surface area (Å²) in [6, 6.07) is 0. The first-order valence-electron chi connectivity index (χ1n) is 3.63. The van der Waals surface area contributed by atoms with Gasteiger partial charge in [0.05, 0.1) is 7.11 Å². The molecule has 1 aliphatic heterocycles. The molecule has 0 amide bonds. The second-order valence-corrected chi connectivity index (χ2v) is 3.08. The van der Waals surface area contributed by atoms with Crippen LogP contribution in [0.1, 0.15) is 12.8 Å². The van der Waals surface area contributed by atoms with Crippen molar-refractivity contribution < 1.29 is 9.53 Å². The van der Waals surface area contributed by atoms with E-state index in [0.29, 0.717) is 5.92 Å². The van der Waals surface area contributed by atoms with Crippen LogP contribution in [0.3, 0.4) is 0 Å². The standard InChI is InChI=1S/C7H11NO2/c1-10-6(9)7-4-5(7)2-3-8-7/h5,8H,2-4H2,1H3/t5-,7-/m1/s1. The molecule has 2 atom stereocenters. The molecule has 0 aromatic carbocycles. The molecule has 3 nitrogen and oxygen atoms in total. The smallest absolute Gasteiger partial charge is 0.326 e. The Morgan fingerprint density at radius 3 is 3.00 bits per heavy atom. The lowest BCUT2D eigenvalue weighted by atomic mass is 10.2. The molecule has 0 bridgehead atoms. The third-order valence-electron chi connectivity index (χ3n) is 2.59. The zero-order valence-corrected chi connectivity index (χ0v) is 6.02. The Bertz CT molecular complexity index is 180. The van der Waals surface area contributed by atoms with Gasteiger partial charge in [-0.2, -0.15) is 0 Å². The van der Waals surface area contributed by atoms with Gasteiger partial charge in [0, 0.05) is 0 Å². The van der Waals surface area contributed by atoms with Crippen LogP contribution in [0.2, 0.25) is 0 Å². The lowest BCUT2D eigenvalue weighted by Crippen LogP contribution is -2.37. The molecular weight excluding hydrogens is 130 g/mol. The van der Waals surface area contributed by atoms with E-state index in [4.69, 9.17) is 0 Å². The molecular formula is C7H11NO2. The molecule has 0 unspecified atom stereocenters. The number of carbonyl (C=O) groups excluding carboxylic acids is 1. The number of fused-ring (bicyclic) bond motifs is 1. The maximum atomic E-state index is 11.1. The van der Waals surface area contributed by atoms with E-state index in [9.17, 15) is 4.79 Å². The van der Waals surface area contributed by atoms with Gasteiger partial charge in [-0.05, 0) is 25.3 Å². The van der Waals surface area contributed by atoms with Crippen molar-refractivity contribution in [3.8, 4) is 0 Å². The van der Waals surface area contributed by atoms with Crippen molar-refractivity contribution in [1.82, 2.24) is 5.32 Å². The Labute approximate surface area is 59.7 Å². The molecule has 10 heavy (non-hydrogen) atoms. The zero-order valence-electron chi connectivity index (χ0n) is 6.02. The van der Waals surface area contributed by atoms with Gasteiger partial charge in [0.25, 0.3) is 0 Å². The fourth-order valence-corrected chi connectivity index (χ4v) is 1.87. The van der Waals surface area contributed by atoms with Crippen LogP contribution in [0, 0.1) is 5.92 Å². The van der Waals surface area contributed by atoms with Gasteiger partial charge in [-0.1, -0.05) is 0 Å². The maximum absolute atomic E-state index is 11.1. The summed E-state index contributed by atoms with van der Waals surface area (Å²) >= 11 is 0. The lowest BCUT2D eigenvalue weighted by Gasteiger charge is -2.08. The zero-order chi connectivity index (χ0) is 7.19. The Morgan fingerprint density at radius 1 is 1.80 bits per heavy atom. The largest absolute Gasteiger partial charge is 0.468 e. The van der Waals surface area contributed by atoms with Crippen LogP contribution in [-0.4, -0.2) is 25.2 Å². The molecule has 0 aromatic rings. The number of ether oxygens (including phenoxy) is 1. The van der Waals surface area contributed by atoms with Crippen molar-refractivity contribution in [1.29, 1.82) is 0 Å². The molecule has 1 N–H and O–H groups in total. The summed E-state index contributed by atoms with van der Waals surface area (Å²) in [5.41, 5.74) is -0.241. The molecule has 0 spiro atoms. The third-order valence-corrected chi connectivity index (χ3v) is 2.59. The second-order valence-electron chi connectivity index (χ2n) is 3.08. The fraction of sp³-hybridized carbons (Fsp3) is 0.857. The predicted octanol–water partition coefficient (Wildman–Crippen LogP) is -0.0886. The van der Waals surface area contributed by atoms with Crippen LogP contribution in [-0.2, 0) is 9.53 Å². The van der Waals surface area contributed by atoms with Crippen molar-refractivity contribution in [2.45, 2.75) is 18.4 Å². The van der Waals surface area contributed by atoms with Crippen molar-refractivity contribution >= 4 is 5.97 Å². The Hall–Kier alpha value is -0.570. The molecule has 0 radical (unpaired) electrons. The molecule has 2 rings (SSSR count). The van der Waals surface area contributed by atoms with E-state index in [1.54, 1.807) is 0 Å². The van der Waals surface area contributed by atoms with E-state index in [0.717, 1.165) is 19.4 Å². The number of rotatable bonds is 1. The second kappa shape index (κ2) is 1.72. The van der Waals surface area contributed by atoms with Gasteiger partial charge in [-0.3, -0.25) is 4.79 Å². The van der Waals surface area contributed by atoms with E-state index >= 15 is 0 Å². The van der Waals surface area contributed by atoms with E-state index in [-0.39, 0.29) is 11.5 Å². The molecule has 56 valence electrons. The molecule has 0 aromatic heterocycles. The highest BCUT2D eigenvalue weighted by Gasteiger charge is 2.63. The van der Waals surface area contributed by atoms with Crippen molar-refractivity contribution in [2.24, 2.45) is 5.92 Å². The van der Waals surface area contributed by atoms with E-state index < -0.39 is 0 Å².